The third-order valence-electron chi connectivity index (χ3n) is 12.7. The highest BCUT2D eigenvalue weighted by molar-refractivity contribution is 6.37. The maximum atomic E-state index is 12.2. The van der Waals surface area contributed by atoms with E-state index in [0.29, 0.717) is 27.6 Å². The fourth-order valence-electron chi connectivity index (χ4n) is 9.19. The van der Waals surface area contributed by atoms with Crippen molar-refractivity contribution in [3.63, 3.8) is 0 Å². The average Bonchev–Trinajstić information content (AvgIpc) is 3.32. The molecule has 3 fully saturated rings. The largest absolute Gasteiger partial charge is 0.490 e. The number of pyridine rings is 3. The van der Waals surface area contributed by atoms with E-state index in [2.05, 4.69) is 34.0 Å². The molecule has 7 aromatic rings. The van der Waals surface area contributed by atoms with E-state index in [9.17, 15) is 14.4 Å². The third kappa shape index (κ3) is 10.9. The van der Waals surface area contributed by atoms with Gasteiger partial charge in [-0.1, -0.05) is 68.1 Å². The van der Waals surface area contributed by atoms with Crippen LogP contribution in [-0.4, -0.2) is 33.3 Å². The predicted octanol–water partition coefficient (Wildman–Crippen LogP) is 12.6. The van der Waals surface area contributed by atoms with Crippen LogP contribution in [0.5, 0.6) is 17.2 Å². The normalized spacial score (nSPS) is 16.2. The lowest BCUT2D eigenvalue weighted by Crippen LogP contribution is -2.20. The fraction of sp³-hybridized carbons (Fsp3) is 0.377. The molecule has 0 amide bonds. The molecule has 4 aromatic carbocycles. The first-order valence-corrected chi connectivity index (χ1v) is 23.4. The summed E-state index contributed by atoms with van der Waals surface area (Å²) in [4.78, 5) is 43.8. The molecule has 0 spiro atoms. The van der Waals surface area contributed by atoms with E-state index in [1.165, 1.54) is 57.8 Å². The van der Waals surface area contributed by atoms with Gasteiger partial charge in [0.25, 0.3) is 16.7 Å². The molecule has 9 nitrogen and oxygen atoms in total. The molecule has 0 atom stereocenters. The number of hydrogen-bond acceptors (Lipinski definition) is 6. The summed E-state index contributed by atoms with van der Waals surface area (Å²) in [7, 11) is 0. The minimum atomic E-state index is -0.122. The van der Waals surface area contributed by atoms with Gasteiger partial charge in [0.2, 0.25) is 0 Å². The van der Waals surface area contributed by atoms with Gasteiger partial charge in [0, 0.05) is 45.7 Å². The zero-order valence-corrected chi connectivity index (χ0v) is 36.9. The highest BCUT2D eigenvalue weighted by Crippen LogP contribution is 2.37. The summed E-state index contributed by atoms with van der Waals surface area (Å²) < 4.78 is 18.6. The zero-order valence-electron chi connectivity index (χ0n) is 36.2. The number of hydrogen-bond donors (Lipinski definition) is 3. The Kier molecular flexibility index (Phi) is 14.6. The van der Waals surface area contributed by atoms with Crippen molar-refractivity contribution >= 4 is 43.9 Å². The van der Waals surface area contributed by atoms with Crippen LogP contribution < -0.4 is 30.9 Å². The first kappa shape index (κ1) is 43.8. The summed E-state index contributed by atoms with van der Waals surface area (Å²) in [5.74, 6) is 2.52. The van der Waals surface area contributed by atoms with Crippen LogP contribution in [0.25, 0.3) is 43.4 Å². The molecule has 3 N–H and O–H groups in total. The van der Waals surface area contributed by atoms with Gasteiger partial charge in [-0.05, 0) is 160 Å². The van der Waals surface area contributed by atoms with Crippen molar-refractivity contribution in [1.82, 2.24) is 15.0 Å². The molecular weight excluding hydrogens is 810 g/mol. The molecule has 0 aliphatic heterocycles. The Morgan fingerprint density at radius 3 is 1.52 bits per heavy atom. The van der Waals surface area contributed by atoms with Crippen molar-refractivity contribution in [2.45, 2.75) is 128 Å². The van der Waals surface area contributed by atoms with Crippen molar-refractivity contribution in [3.8, 4) is 28.4 Å². The number of aryl methyl sites for hydroxylation is 1. The van der Waals surface area contributed by atoms with Gasteiger partial charge in [-0.2, -0.15) is 0 Å². The zero-order chi connectivity index (χ0) is 43.5. The Balaban J connectivity index is 0.000000131. The quantitative estimate of drug-likeness (QED) is 0.140. The monoisotopic (exact) mass is 867 g/mol. The number of benzene rings is 4. The Hall–Kier alpha value is -5.80. The van der Waals surface area contributed by atoms with Gasteiger partial charge >= 0.3 is 0 Å². The Labute approximate surface area is 373 Å². The Morgan fingerprint density at radius 2 is 0.968 bits per heavy atom. The maximum Gasteiger partial charge on any atom is 0.255 e. The molecule has 0 bridgehead atoms. The molecule has 0 saturated heterocycles. The summed E-state index contributed by atoms with van der Waals surface area (Å²) in [5.41, 5.74) is 2.98. The van der Waals surface area contributed by atoms with E-state index in [-0.39, 0.29) is 28.9 Å². The smallest absolute Gasteiger partial charge is 0.255 e. The van der Waals surface area contributed by atoms with E-state index in [4.69, 9.17) is 25.8 Å². The maximum absolute atomic E-state index is 12.2. The Bertz CT molecular complexity index is 2800. The highest BCUT2D eigenvalue weighted by atomic mass is 35.5. The number of halogens is 1. The van der Waals surface area contributed by atoms with E-state index >= 15 is 0 Å². The van der Waals surface area contributed by atoms with Gasteiger partial charge in [0.1, 0.15) is 17.2 Å². The lowest BCUT2D eigenvalue weighted by Gasteiger charge is -2.24. The number of aromatic nitrogens is 3. The molecule has 0 unspecified atom stereocenters. The molecule has 0 radical (unpaired) electrons. The molecule has 3 saturated carbocycles. The predicted molar refractivity (Wildman–Crippen MR) is 256 cm³/mol. The second-order valence-corrected chi connectivity index (χ2v) is 17.5. The molecule has 3 aliphatic carbocycles. The number of aromatic amines is 3. The molecule has 10 rings (SSSR count). The first-order valence-electron chi connectivity index (χ1n) is 23.0. The van der Waals surface area contributed by atoms with Crippen molar-refractivity contribution in [1.29, 1.82) is 0 Å². The van der Waals surface area contributed by atoms with Gasteiger partial charge in [0.15, 0.2) is 0 Å². The van der Waals surface area contributed by atoms with Crippen molar-refractivity contribution < 1.29 is 14.2 Å². The number of ether oxygens (including phenoxy) is 3. The van der Waals surface area contributed by atoms with E-state index in [1.807, 2.05) is 60.7 Å². The third-order valence-corrected chi connectivity index (χ3v) is 13.1. The summed E-state index contributed by atoms with van der Waals surface area (Å²) in [6.45, 7) is 2.10. The van der Waals surface area contributed by atoms with E-state index in [0.717, 1.165) is 94.7 Å². The van der Waals surface area contributed by atoms with Gasteiger partial charge < -0.3 is 29.2 Å². The van der Waals surface area contributed by atoms with Crippen LogP contribution in [0.15, 0.2) is 118 Å². The minimum absolute atomic E-state index is 0.0265. The van der Waals surface area contributed by atoms with Crippen LogP contribution in [0.2, 0.25) is 5.02 Å². The summed E-state index contributed by atoms with van der Waals surface area (Å²) >= 11 is 6.36. The second-order valence-electron chi connectivity index (χ2n) is 17.1. The molecule has 10 heteroatoms. The highest BCUT2D eigenvalue weighted by Gasteiger charge is 2.20. The van der Waals surface area contributed by atoms with Gasteiger partial charge in [-0.25, -0.2) is 0 Å². The van der Waals surface area contributed by atoms with E-state index < -0.39 is 0 Å². The number of H-pyrrole nitrogens is 3. The van der Waals surface area contributed by atoms with Gasteiger partial charge in [-0.15, -0.1) is 0 Å². The average molecular weight is 869 g/mol. The van der Waals surface area contributed by atoms with Crippen LogP contribution in [0.3, 0.4) is 0 Å². The summed E-state index contributed by atoms with van der Waals surface area (Å²) in [6, 6.07) is 27.4. The van der Waals surface area contributed by atoms with Crippen molar-refractivity contribution in [3.05, 3.63) is 145 Å². The molecule has 63 heavy (non-hydrogen) atoms. The lowest BCUT2D eigenvalue weighted by atomic mass is 9.97. The van der Waals surface area contributed by atoms with Crippen LogP contribution in [0.4, 0.5) is 0 Å². The van der Waals surface area contributed by atoms with Crippen molar-refractivity contribution in [2.24, 2.45) is 0 Å². The van der Waals surface area contributed by atoms with Gasteiger partial charge in [-0.3, -0.25) is 14.4 Å². The summed E-state index contributed by atoms with van der Waals surface area (Å²) in [5, 5.41) is 5.21. The molecule has 3 aromatic heterocycles. The topological polar surface area (TPSA) is 126 Å². The van der Waals surface area contributed by atoms with Crippen LogP contribution in [-0.2, 0) is 6.42 Å². The SMILES string of the molecule is CCc1cc2c(=O)[nH]ccc2cc1OC1CCCCC1.O=c1[nH]ccc2c(Cl)c(OC3CCCCC3)ccc12.O=c1[nH]ccc2cc(OC3CCCCC3)c(-c3ccccc3)cc12. The number of fused-ring (bicyclic) bond motifs is 3. The summed E-state index contributed by atoms with van der Waals surface area (Å²) in [6.07, 6.45) is 24.8. The molecular formula is C53H58ClN3O6. The molecule has 3 aliphatic rings. The van der Waals surface area contributed by atoms with Crippen LogP contribution in [0, 0.1) is 0 Å². The lowest BCUT2D eigenvalue weighted by molar-refractivity contribution is 0.154. The van der Waals surface area contributed by atoms with Crippen molar-refractivity contribution in [2.75, 3.05) is 0 Å². The van der Waals surface area contributed by atoms with E-state index in [1.54, 1.807) is 30.7 Å². The fourth-order valence-corrected chi connectivity index (χ4v) is 9.46. The van der Waals surface area contributed by atoms with Gasteiger partial charge in [0.05, 0.1) is 23.3 Å². The van der Waals surface area contributed by atoms with Crippen LogP contribution >= 0.6 is 11.6 Å². The first-order chi connectivity index (χ1) is 30.8. The molecule has 328 valence electrons. The Morgan fingerprint density at radius 1 is 0.492 bits per heavy atom. The minimum Gasteiger partial charge on any atom is -0.490 e. The molecule has 3 heterocycles. The standard InChI is InChI=1S/C21H21NO2.C17H21NO2.C15H16ClNO2/c23-21-19-14-18(15-7-3-1-4-8-15)20(13-16(19)11-12-22-21)24-17-9-5-2-6-10-17;1-2-12-10-15-13(8-9-18-17(15)19)11-16(12)20-14-6-4-3-5-7-14;16-14-11-8-9-17-15(18)12(11)6-7-13(14)19-10-4-2-1-3-5-10/h1,3-4,7-8,11-14,17H,2,5-6,9-10H2,(H,22,23);8-11,14H,2-7H2,1H3,(H,18,19);6-10H,1-5H2,(H,17,18). The second kappa shape index (κ2) is 21.0. The van der Waals surface area contributed by atoms with Crippen LogP contribution in [0.1, 0.15) is 109 Å². The number of rotatable bonds is 8. The number of nitrogens with one attached hydrogen (secondary N) is 3.